The van der Waals surface area contributed by atoms with Crippen LogP contribution >= 0.6 is 0 Å². The normalized spacial score (nSPS) is 16.7. The topological polar surface area (TPSA) is 20.3 Å². The van der Waals surface area contributed by atoms with Crippen LogP contribution in [0.3, 0.4) is 0 Å². The fourth-order valence-electron chi connectivity index (χ4n) is 2.84. The van der Waals surface area contributed by atoms with Gasteiger partial charge >= 0.3 is 0 Å². The molecule has 114 valence electrons. The van der Waals surface area contributed by atoms with Crippen LogP contribution in [0.25, 0.3) is 5.57 Å². The molecule has 1 saturated carbocycles. The average molecular weight is 285 g/mol. The molecule has 21 heavy (non-hydrogen) atoms. The summed E-state index contributed by atoms with van der Waals surface area (Å²) in [5, 5.41) is 0. The number of allylic oxidation sites excluding steroid dienone is 1. The number of hydrogen-bond donors (Lipinski definition) is 0. The van der Waals surface area contributed by atoms with Crippen LogP contribution in [0.4, 0.5) is 0 Å². The predicted molar refractivity (Wildman–Crippen MR) is 89.2 cm³/mol. The van der Waals surface area contributed by atoms with Crippen LogP contribution in [0.15, 0.2) is 30.3 Å². The molecule has 1 aromatic rings. The Kier molecular flexibility index (Phi) is 5.22. The fourth-order valence-corrected chi connectivity index (χ4v) is 2.84. The zero-order valence-electron chi connectivity index (χ0n) is 13.7. The number of hydrogen-bond acceptors (Lipinski definition) is 1. The molecule has 2 nitrogen and oxygen atoms in total. The minimum atomic E-state index is 0.192. The molecule has 0 radical (unpaired) electrons. The zero-order chi connectivity index (χ0) is 15.4. The summed E-state index contributed by atoms with van der Waals surface area (Å²) in [5.74, 6) is 0.737. The SMILES string of the molecule is C/C=C(/CN(C(C)=O)C1CC1)c1ccccc1C(C)CC. The van der Waals surface area contributed by atoms with Gasteiger partial charge in [0.2, 0.25) is 5.91 Å². The predicted octanol–water partition coefficient (Wildman–Crippen LogP) is 4.61. The molecular formula is C19H27NO. The maximum absolute atomic E-state index is 11.9. The minimum absolute atomic E-state index is 0.192. The molecule has 1 atom stereocenters. The van der Waals surface area contributed by atoms with E-state index < -0.39 is 0 Å². The van der Waals surface area contributed by atoms with Crippen molar-refractivity contribution in [1.29, 1.82) is 0 Å². The summed E-state index contributed by atoms with van der Waals surface area (Å²) >= 11 is 0. The number of amides is 1. The summed E-state index contributed by atoms with van der Waals surface area (Å²) in [7, 11) is 0. The maximum Gasteiger partial charge on any atom is 0.219 e. The highest BCUT2D eigenvalue weighted by Crippen LogP contribution is 2.32. The second kappa shape index (κ2) is 6.93. The first-order valence-electron chi connectivity index (χ1n) is 8.10. The van der Waals surface area contributed by atoms with E-state index in [0.29, 0.717) is 12.0 Å². The van der Waals surface area contributed by atoms with Crippen LogP contribution in [0.2, 0.25) is 0 Å². The lowest BCUT2D eigenvalue weighted by molar-refractivity contribution is -0.128. The Morgan fingerprint density at radius 3 is 2.57 bits per heavy atom. The molecule has 0 aromatic heterocycles. The lowest BCUT2D eigenvalue weighted by atomic mass is 9.89. The Balaban J connectivity index is 2.27. The van der Waals surface area contributed by atoms with Crippen molar-refractivity contribution in [3.8, 4) is 0 Å². The monoisotopic (exact) mass is 285 g/mol. The first kappa shape index (κ1) is 15.8. The van der Waals surface area contributed by atoms with Crippen molar-refractivity contribution >= 4 is 11.5 Å². The number of nitrogens with zero attached hydrogens (tertiary/aromatic N) is 1. The molecule has 2 rings (SSSR count). The fraction of sp³-hybridized carbons (Fsp3) is 0.526. The summed E-state index contributed by atoms with van der Waals surface area (Å²) < 4.78 is 0. The van der Waals surface area contributed by atoms with Gasteiger partial charge in [0.05, 0.1) is 0 Å². The van der Waals surface area contributed by atoms with Gasteiger partial charge < -0.3 is 4.90 Å². The Labute approximate surface area is 128 Å². The van der Waals surface area contributed by atoms with E-state index >= 15 is 0 Å². The average Bonchev–Trinajstić information content (AvgIpc) is 3.32. The van der Waals surface area contributed by atoms with Crippen LogP contribution in [0.1, 0.15) is 64.0 Å². The molecule has 0 aliphatic heterocycles. The highest BCUT2D eigenvalue weighted by molar-refractivity contribution is 5.78. The van der Waals surface area contributed by atoms with Crippen molar-refractivity contribution < 1.29 is 4.79 Å². The van der Waals surface area contributed by atoms with Crippen molar-refractivity contribution in [2.45, 2.75) is 58.9 Å². The standard InChI is InChI=1S/C19H27NO/c1-5-14(3)18-9-7-8-10-19(18)16(6-2)13-20(15(4)21)17-11-12-17/h6-10,14,17H,5,11-13H2,1-4H3/b16-6-. The van der Waals surface area contributed by atoms with Crippen LogP contribution < -0.4 is 0 Å². The van der Waals surface area contributed by atoms with Gasteiger partial charge in [-0.25, -0.2) is 0 Å². The molecule has 1 aromatic carbocycles. The summed E-state index contributed by atoms with van der Waals surface area (Å²) in [4.78, 5) is 13.9. The lowest BCUT2D eigenvalue weighted by Gasteiger charge is -2.24. The van der Waals surface area contributed by atoms with E-state index in [1.165, 1.54) is 16.7 Å². The summed E-state index contributed by atoms with van der Waals surface area (Å²) in [6.45, 7) is 9.00. The Hall–Kier alpha value is -1.57. The zero-order valence-corrected chi connectivity index (χ0v) is 13.7. The Morgan fingerprint density at radius 1 is 1.38 bits per heavy atom. The first-order valence-corrected chi connectivity index (χ1v) is 8.10. The van der Waals surface area contributed by atoms with Crippen LogP contribution in [0, 0.1) is 0 Å². The molecule has 2 heteroatoms. The minimum Gasteiger partial charge on any atom is -0.336 e. The van der Waals surface area contributed by atoms with Crippen LogP contribution in [0.5, 0.6) is 0 Å². The van der Waals surface area contributed by atoms with Crippen LogP contribution in [-0.2, 0) is 4.79 Å². The highest BCUT2D eigenvalue weighted by Gasteiger charge is 2.31. The van der Waals surface area contributed by atoms with Crippen molar-refractivity contribution in [2.24, 2.45) is 0 Å². The van der Waals surface area contributed by atoms with Gasteiger partial charge in [-0.2, -0.15) is 0 Å². The van der Waals surface area contributed by atoms with E-state index in [1.807, 2.05) is 4.90 Å². The molecule has 1 unspecified atom stereocenters. The third-order valence-corrected chi connectivity index (χ3v) is 4.53. The van der Waals surface area contributed by atoms with Crippen molar-refractivity contribution in [3.05, 3.63) is 41.5 Å². The number of rotatable bonds is 6. The number of carbonyl (C=O) groups is 1. The maximum atomic E-state index is 11.9. The summed E-state index contributed by atoms with van der Waals surface area (Å²) in [6.07, 6.45) is 5.61. The molecule has 1 amide bonds. The van der Waals surface area contributed by atoms with Crippen molar-refractivity contribution in [3.63, 3.8) is 0 Å². The Bertz CT molecular complexity index is 528. The van der Waals surface area contributed by atoms with E-state index in [1.54, 1.807) is 6.92 Å². The highest BCUT2D eigenvalue weighted by atomic mass is 16.2. The van der Waals surface area contributed by atoms with Crippen molar-refractivity contribution in [1.82, 2.24) is 4.90 Å². The molecule has 0 saturated heterocycles. The smallest absolute Gasteiger partial charge is 0.219 e. The summed E-state index contributed by atoms with van der Waals surface area (Å²) in [6, 6.07) is 9.10. The van der Waals surface area contributed by atoms with Gasteiger partial charge in [-0.05, 0) is 48.8 Å². The second-order valence-corrected chi connectivity index (χ2v) is 6.09. The van der Waals surface area contributed by atoms with Gasteiger partial charge in [-0.3, -0.25) is 4.79 Å². The van der Waals surface area contributed by atoms with Crippen LogP contribution in [-0.4, -0.2) is 23.4 Å². The molecule has 0 spiro atoms. The van der Waals surface area contributed by atoms with Gasteiger partial charge in [0.15, 0.2) is 0 Å². The van der Waals surface area contributed by atoms with E-state index in [-0.39, 0.29) is 5.91 Å². The van der Waals surface area contributed by atoms with E-state index in [4.69, 9.17) is 0 Å². The van der Waals surface area contributed by atoms with Crippen molar-refractivity contribution in [2.75, 3.05) is 6.54 Å². The van der Waals surface area contributed by atoms with E-state index in [9.17, 15) is 4.79 Å². The van der Waals surface area contributed by atoms with Gasteiger partial charge in [-0.15, -0.1) is 0 Å². The van der Waals surface area contributed by atoms with Gasteiger partial charge in [0, 0.05) is 19.5 Å². The Morgan fingerprint density at radius 2 is 2.05 bits per heavy atom. The molecule has 1 aliphatic carbocycles. The molecule has 0 heterocycles. The third-order valence-electron chi connectivity index (χ3n) is 4.53. The lowest BCUT2D eigenvalue weighted by Crippen LogP contribution is -2.32. The van der Waals surface area contributed by atoms with Gasteiger partial charge in [-0.1, -0.05) is 44.2 Å². The quantitative estimate of drug-likeness (QED) is 0.747. The van der Waals surface area contributed by atoms with Gasteiger partial charge in [0.1, 0.15) is 0 Å². The molecule has 0 bridgehead atoms. The molecule has 0 N–H and O–H groups in total. The molecule has 1 fully saturated rings. The third kappa shape index (κ3) is 3.75. The number of carbonyl (C=O) groups excluding carboxylic acids is 1. The first-order chi connectivity index (χ1) is 10.1. The van der Waals surface area contributed by atoms with E-state index in [0.717, 1.165) is 25.8 Å². The number of benzene rings is 1. The second-order valence-electron chi connectivity index (χ2n) is 6.09. The largest absolute Gasteiger partial charge is 0.336 e. The van der Waals surface area contributed by atoms with Gasteiger partial charge in [0.25, 0.3) is 0 Å². The van der Waals surface area contributed by atoms with E-state index in [2.05, 4.69) is 51.1 Å². The summed E-state index contributed by atoms with van der Waals surface area (Å²) in [5.41, 5.74) is 3.97. The molecule has 1 aliphatic rings. The molecular weight excluding hydrogens is 258 g/mol.